The first-order valence-corrected chi connectivity index (χ1v) is 14.4. The maximum atomic E-state index is 11.9. The molecular formula is C31H48O3. The normalized spacial score (nSPS) is 54.7. The minimum atomic E-state index is -0.116. The van der Waals surface area contributed by atoms with E-state index in [1.54, 1.807) is 6.92 Å². The molecule has 0 radical (unpaired) electrons. The average molecular weight is 469 g/mol. The lowest BCUT2D eigenvalue weighted by Gasteiger charge is -2.67. The van der Waals surface area contributed by atoms with Crippen LogP contribution in [0.3, 0.4) is 0 Å². The first-order chi connectivity index (χ1) is 15.8. The highest BCUT2D eigenvalue weighted by molar-refractivity contribution is 5.66. The van der Waals surface area contributed by atoms with E-state index in [9.17, 15) is 4.79 Å². The van der Waals surface area contributed by atoms with Crippen molar-refractivity contribution < 1.29 is 14.3 Å². The van der Waals surface area contributed by atoms with Crippen LogP contribution >= 0.6 is 0 Å². The molecule has 6 rings (SSSR count). The Morgan fingerprint density at radius 3 is 2.44 bits per heavy atom. The molecule has 1 heterocycles. The number of ether oxygens (including phenoxy) is 2. The number of allylic oxidation sites excluding steroid dienone is 2. The summed E-state index contributed by atoms with van der Waals surface area (Å²) in [6.45, 7) is 19.0. The minimum absolute atomic E-state index is 0.0403. The quantitative estimate of drug-likeness (QED) is 0.242. The van der Waals surface area contributed by atoms with Gasteiger partial charge in [-0.2, -0.15) is 0 Å². The van der Waals surface area contributed by atoms with E-state index in [2.05, 4.69) is 54.5 Å². The third-order valence-electron chi connectivity index (χ3n) is 12.9. The summed E-state index contributed by atoms with van der Waals surface area (Å²) in [6.07, 6.45) is 13.3. The van der Waals surface area contributed by atoms with Crippen molar-refractivity contribution in [1.82, 2.24) is 0 Å². The lowest BCUT2D eigenvalue weighted by atomic mass is 9.38. The van der Waals surface area contributed by atoms with Crippen molar-refractivity contribution in [3.05, 3.63) is 11.6 Å². The maximum Gasteiger partial charge on any atom is 0.302 e. The van der Waals surface area contributed by atoms with Crippen molar-refractivity contribution in [2.24, 2.45) is 51.2 Å². The minimum Gasteiger partial charge on any atom is -0.462 e. The molecule has 6 aliphatic rings. The molecule has 0 unspecified atom stereocenters. The molecule has 0 aromatic heterocycles. The molecule has 0 N–H and O–H groups in total. The number of carbonyl (C=O) groups excluding carboxylic acids is 1. The summed E-state index contributed by atoms with van der Waals surface area (Å²) in [4.78, 5) is 11.9. The van der Waals surface area contributed by atoms with Crippen LogP contribution < -0.4 is 0 Å². The van der Waals surface area contributed by atoms with Gasteiger partial charge in [0.05, 0.1) is 6.10 Å². The molecule has 34 heavy (non-hydrogen) atoms. The lowest BCUT2D eigenvalue weighted by molar-refractivity contribution is -0.194. The highest BCUT2D eigenvalue weighted by Crippen LogP contribution is 2.76. The van der Waals surface area contributed by atoms with E-state index in [0.29, 0.717) is 46.0 Å². The third kappa shape index (κ3) is 2.72. The van der Waals surface area contributed by atoms with Crippen LogP contribution in [0.2, 0.25) is 0 Å². The average Bonchev–Trinajstić information content (AvgIpc) is 3.36. The van der Waals surface area contributed by atoms with Gasteiger partial charge in [0.2, 0.25) is 0 Å². The summed E-state index contributed by atoms with van der Waals surface area (Å²) in [5, 5.41) is 0. The lowest BCUT2D eigenvalue weighted by Crippen LogP contribution is -2.61. The Morgan fingerprint density at radius 1 is 1.03 bits per heavy atom. The highest BCUT2D eigenvalue weighted by Gasteiger charge is 2.76. The number of epoxide rings is 1. The molecule has 0 aromatic rings. The fourth-order valence-electron chi connectivity index (χ4n) is 11.6. The summed E-state index contributed by atoms with van der Waals surface area (Å²) in [7, 11) is 0. The molecule has 0 spiro atoms. The first-order valence-electron chi connectivity index (χ1n) is 14.4. The number of rotatable bonds is 2. The third-order valence-corrected chi connectivity index (χ3v) is 12.9. The topological polar surface area (TPSA) is 38.8 Å². The summed E-state index contributed by atoms with van der Waals surface area (Å²) in [5.74, 6) is 3.25. The van der Waals surface area contributed by atoms with E-state index in [0.717, 1.165) is 12.3 Å². The van der Waals surface area contributed by atoms with Gasteiger partial charge in [-0.15, -0.1) is 0 Å². The largest absolute Gasteiger partial charge is 0.462 e. The molecule has 10 atom stereocenters. The van der Waals surface area contributed by atoms with Crippen LogP contribution in [-0.2, 0) is 14.3 Å². The standard InChI is InChI=1S/C31H48O3/c1-18(2)31-25(34-31)17-28(6)14-11-21-20(26(28)31)9-10-23-29(21,7)15-12-22-27(4,5)24(33-19(3)32)13-16-30(22,23)8/h11,18,20,22-26H,9-10,12-17H2,1-8H3/t20-,22-,23-,24-,25+,26+,28-,29-,30-,31-/m0/s1. The Morgan fingerprint density at radius 2 is 1.76 bits per heavy atom. The van der Waals surface area contributed by atoms with Gasteiger partial charge in [0.1, 0.15) is 11.7 Å². The van der Waals surface area contributed by atoms with Gasteiger partial charge in [0.15, 0.2) is 0 Å². The Hall–Kier alpha value is -0.830. The second-order valence-corrected chi connectivity index (χ2v) is 15.0. The van der Waals surface area contributed by atoms with Gasteiger partial charge in [0, 0.05) is 18.3 Å². The predicted molar refractivity (Wildman–Crippen MR) is 135 cm³/mol. The van der Waals surface area contributed by atoms with Crippen LogP contribution in [0, 0.1) is 51.2 Å². The monoisotopic (exact) mass is 468 g/mol. The van der Waals surface area contributed by atoms with Crippen molar-refractivity contribution in [2.45, 2.75) is 125 Å². The fraction of sp³-hybridized carbons (Fsp3) is 0.903. The van der Waals surface area contributed by atoms with Crippen molar-refractivity contribution in [1.29, 1.82) is 0 Å². The number of fused-ring (bicyclic) bond motifs is 9. The van der Waals surface area contributed by atoms with E-state index in [-0.39, 0.29) is 23.1 Å². The van der Waals surface area contributed by atoms with Crippen molar-refractivity contribution in [3.8, 4) is 0 Å². The SMILES string of the molecule is CC(=O)O[C@H]1CC[C@]2(C)[C@H]3CC[C@H]4C(=CC[C@@]5(C)C[C@H]6O[C@]6(C(C)C)[C@H]45)[C@]3(C)CC[C@H]2C1(C)C. The van der Waals surface area contributed by atoms with E-state index >= 15 is 0 Å². The Bertz CT molecular complexity index is 933. The molecule has 5 fully saturated rings. The number of carbonyl (C=O) groups is 1. The van der Waals surface area contributed by atoms with Crippen molar-refractivity contribution in [3.63, 3.8) is 0 Å². The molecule has 1 saturated heterocycles. The Labute approximate surface area is 207 Å². The summed E-state index contributed by atoms with van der Waals surface area (Å²) in [6, 6.07) is 0. The molecule has 5 aliphatic carbocycles. The van der Waals surface area contributed by atoms with Gasteiger partial charge in [-0.1, -0.05) is 60.1 Å². The van der Waals surface area contributed by atoms with Gasteiger partial charge in [-0.3, -0.25) is 4.79 Å². The van der Waals surface area contributed by atoms with Crippen LogP contribution in [0.1, 0.15) is 107 Å². The van der Waals surface area contributed by atoms with Crippen LogP contribution in [-0.4, -0.2) is 23.8 Å². The van der Waals surface area contributed by atoms with Gasteiger partial charge in [-0.05, 0) is 91.3 Å². The maximum absolute atomic E-state index is 11.9. The van der Waals surface area contributed by atoms with Crippen molar-refractivity contribution in [2.75, 3.05) is 0 Å². The van der Waals surface area contributed by atoms with Crippen LogP contribution in [0.25, 0.3) is 0 Å². The number of esters is 1. The zero-order valence-electron chi connectivity index (χ0n) is 23.0. The van der Waals surface area contributed by atoms with Gasteiger partial charge >= 0.3 is 5.97 Å². The van der Waals surface area contributed by atoms with E-state index in [4.69, 9.17) is 9.47 Å². The molecule has 3 heteroatoms. The van der Waals surface area contributed by atoms with E-state index < -0.39 is 0 Å². The molecule has 0 amide bonds. The van der Waals surface area contributed by atoms with Gasteiger partial charge < -0.3 is 9.47 Å². The second kappa shape index (κ2) is 6.93. The molecule has 4 saturated carbocycles. The van der Waals surface area contributed by atoms with E-state index in [1.807, 2.05) is 5.57 Å². The molecule has 1 aliphatic heterocycles. The first kappa shape index (κ1) is 23.6. The Kier molecular flexibility index (Phi) is 4.80. The van der Waals surface area contributed by atoms with E-state index in [1.165, 1.54) is 44.9 Å². The number of hydrogen-bond acceptors (Lipinski definition) is 3. The van der Waals surface area contributed by atoms with Crippen LogP contribution in [0.15, 0.2) is 11.6 Å². The van der Waals surface area contributed by atoms with Gasteiger partial charge in [-0.25, -0.2) is 0 Å². The van der Waals surface area contributed by atoms with Crippen molar-refractivity contribution >= 4 is 5.97 Å². The molecule has 0 bridgehead atoms. The molecular weight excluding hydrogens is 420 g/mol. The second-order valence-electron chi connectivity index (χ2n) is 15.0. The van der Waals surface area contributed by atoms with Gasteiger partial charge in [0.25, 0.3) is 0 Å². The summed E-state index contributed by atoms with van der Waals surface area (Å²) in [5.41, 5.74) is 3.07. The fourth-order valence-corrected chi connectivity index (χ4v) is 11.6. The molecule has 0 aromatic carbocycles. The number of hydrogen-bond donors (Lipinski definition) is 0. The predicted octanol–water partition coefficient (Wildman–Crippen LogP) is 7.34. The summed E-state index contributed by atoms with van der Waals surface area (Å²) < 4.78 is 12.5. The molecule has 3 nitrogen and oxygen atoms in total. The highest BCUT2D eigenvalue weighted by atomic mass is 16.6. The van der Waals surface area contributed by atoms with Crippen LogP contribution in [0.4, 0.5) is 0 Å². The molecule has 190 valence electrons. The van der Waals surface area contributed by atoms with Crippen LogP contribution in [0.5, 0.6) is 0 Å². The Balaban J connectivity index is 1.35. The summed E-state index contributed by atoms with van der Waals surface area (Å²) >= 11 is 0. The smallest absolute Gasteiger partial charge is 0.302 e. The zero-order valence-corrected chi connectivity index (χ0v) is 23.0. The zero-order chi connectivity index (χ0) is 24.5.